The standard InChI is InChI=1S/C18H30N6O/c1-4-24-17(14-23-12-8-19-15(23)2)20-21-18(24)16-6-10-22(11-7-16)9-5-13-25-3/h8,12,16H,4-7,9-11,13-14H2,1-3H3. The predicted molar refractivity (Wildman–Crippen MR) is 96.7 cm³/mol. The molecule has 0 N–H and O–H groups in total. The number of likely N-dealkylation sites (tertiary alicyclic amines) is 1. The monoisotopic (exact) mass is 346 g/mol. The topological polar surface area (TPSA) is 61.0 Å². The Balaban J connectivity index is 1.62. The van der Waals surface area contributed by atoms with Crippen molar-refractivity contribution in [1.82, 2.24) is 29.2 Å². The van der Waals surface area contributed by atoms with Crippen LogP contribution in [0.25, 0.3) is 0 Å². The maximum atomic E-state index is 5.15. The molecule has 7 nitrogen and oxygen atoms in total. The van der Waals surface area contributed by atoms with Crippen LogP contribution in [-0.4, -0.2) is 62.6 Å². The van der Waals surface area contributed by atoms with Crippen molar-refractivity contribution in [2.45, 2.75) is 52.1 Å². The number of ether oxygens (including phenoxy) is 1. The van der Waals surface area contributed by atoms with Crippen molar-refractivity contribution >= 4 is 0 Å². The molecule has 2 aromatic rings. The van der Waals surface area contributed by atoms with E-state index in [1.54, 1.807) is 7.11 Å². The number of rotatable bonds is 8. The van der Waals surface area contributed by atoms with Gasteiger partial charge in [0.1, 0.15) is 11.6 Å². The smallest absolute Gasteiger partial charge is 0.153 e. The van der Waals surface area contributed by atoms with Crippen molar-refractivity contribution in [1.29, 1.82) is 0 Å². The van der Waals surface area contributed by atoms with E-state index in [1.165, 1.54) is 0 Å². The number of methoxy groups -OCH3 is 1. The Hall–Kier alpha value is -1.73. The lowest BCUT2D eigenvalue weighted by Crippen LogP contribution is -2.34. The molecule has 0 amide bonds. The third kappa shape index (κ3) is 4.27. The fourth-order valence-electron chi connectivity index (χ4n) is 3.68. The highest BCUT2D eigenvalue weighted by Gasteiger charge is 2.25. The molecule has 3 heterocycles. The lowest BCUT2D eigenvalue weighted by Gasteiger charge is -2.31. The van der Waals surface area contributed by atoms with Gasteiger partial charge in [-0.2, -0.15) is 0 Å². The van der Waals surface area contributed by atoms with Crippen LogP contribution in [0.5, 0.6) is 0 Å². The molecule has 0 radical (unpaired) electrons. The highest BCUT2D eigenvalue weighted by Crippen LogP contribution is 2.27. The first-order valence-corrected chi connectivity index (χ1v) is 9.34. The van der Waals surface area contributed by atoms with Gasteiger partial charge in [0.15, 0.2) is 5.82 Å². The Morgan fingerprint density at radius 2 is 2.04 bits per heavy atom. The molecular weight excluding hydrogens is 316 g/mol. The summed E-state index contributed by atoms with van der Waals surface area (Å²) in [5.41, 5.74) is 0. The molecule has 3 rings (SSSR count). The Bertz CT molecular complexity index is 656. The SMILES string of the molecule is CCn1c(Cn2ccnc2C)nnc1C1CCN(CCCOC)CC1. The van der Waals surface area contributed by atoms with Gasteiger partial charge in [0, 0.05) is 45.1 Å². The molecule has 0 aliphatic carbocycles. The van der Waals surface area contributed by atoms with E-state index in [9.17, 15) is 0 Å². The van der Waals surface area contributed by atoms with Crippen LogP contribution in [0.4, 0.5) is 0 Å². The Morgan fingerprint density at radius 3 is 2.68 bits per heavy atom. The molecule has 0 spiro atoms. The van der Waals surface area contributed by atoms with Crippen LogP contribution in [0.2, 0.25) is 0 Å². The zero-order chi connectivity index (χ0) is 17.6. The van der Waals surface area contributed by atoms with E-state index in [-0.39, 0.29) is 0 Å². The molecule has 2 aromatic heterocycles. The van der Waals surface area contributed by atoms with Gasteiger partial charge in [0.25, 0.3) is 0 Å². The predicted octanol–water partition coefficient (Wildman–Crippen LogP) is 2.07. The van der Waals surface area contributed by atoms with Crippen molar-refractivity contribution in [3.8, 4) is 0 Å². The van der Waals surface area contributed by atoms with E-state index in [1.807, 2.05) is 19.3 Å². The summed E-state index contributed by atoms with van der Waals surface area (Å²) in [5.74, 6) is 3.72. The minimum atomic E-state index is 0.517. The summed E-state index contributed by atoms with van der Waals surface area (Å²) in [6, 6.07) is 0. The van der Waals surface area contributed by atoms with Crippen molar-refractivity contribution in [2.75, 3.05) is 33.4 Å². The quantitative estimate of drug-likeness (QED) is 0.685. The third-order valence-electron chi connectivity index (χ3n) is 5.18. The zero-order valence-corrected chi connectivity index (χ0v) is 15.7. The van der Waals surface area contributed by atoms with E-state index in [4.69, 9.17) is 4.74 Å². The number of imidazole rings is 1. The molecule has 25 heavy (non-hydrogen) atoms. The van der Waals surface area contributed by atoms with Crippen LogP contribution in [0.3, 0.4) is 0 Å². The van der Waals surface area contributed by atoms with Gasteiger partial charge in [-0.1, -0.05) is 0 Å². The van der Waals surface area contributed by atoms with Crippen molar-refractivity contribution in [2.24, 2.45) is 0 Å². The minimum Gasteiger partial charge on any atom is -0.385 e. The number of aryl methyl sites for hydroxylation is 1. The Kier molecular flexibility index (Phi) is 6.20. The molecule has 7 heteroatoms. The van der Waals surface area contributed by atoms with Crippen LogP contribution in [-0.2, 0) is 17.8 Å². The first-order chi connectivity index (χ1) is 12.2. The molecule has 138 valence electrons. The molecule has 1 fully saturated rings. The molecule has 1 aliphatic heterocycles. The summed E-state index contributed by atoms with van der Waals surface area (Å²) >= 11 is 0. The van der Waals surface area contributed by atoms with Gasteiger partial charge >= 0.3 is 0 Å². The first kappa shape index (κ1) is 18.1. The second-order valence-electron chi connectivity index (χ2n) is 6.78. The van der Waals surface area contributed by atoms with Gasteiger partial charge < -0.3 is 18.8 Å². The number of hydrogen-bond donors (Lipinski definition) is 0. The second-order valence-corrected chi connectivity index (χ2v) is 6.78. The van der Waals surface area contributed by atoms with Gasteiger partial charge in [-0.05, 0) is 46.2 Å². The number of piperidine rings is 1. The lowest BCUT2D eigenvalue weighted by molar-refractivity contribution is 0.156. The molecule has 0 saturated carbocycles. The summed E-state index contributed by atoms with van der Waals surface area (Å²) < 4.78 is 9.57. The van der Waals surface area contributed by atoms with Gasteiger partial charge in [-0.15, -0.1) is 10.2 Å². The number of nitrogens with zero attached hydrogens (tertiary/aromatic N) is 6. The molecule has 1 aliphatic rings. The summed E-state index contributed by atoms with van der Waals surface area (Å²) in [4.78, 5) is 6.83. The zero-order valence-electron chi connectivity index (χ0n) is 15.7. The molecule has 1 saturated heterocycles. The van der Waals surface area contributed by atoms with Crippen LogP contribution >= 0.6 is 0 Å². The van der Waals surface area contributed by atoms with Gasteiger partial charge in [0.05, 0.1) is 6.54 Å². The van der Waals surface area contributed by atoms with E-state index in [0.717, 1.165) is 76.1 Å². The highest BCUT2D eigenvalue weighted by atomic mass is 16.5. The van der Waals surface area contributed by atoms with Crippen molar-refractivity contribution in [3.63, 3.8) is 0 Å². The fourth-order valence-corrected chi connectivity index (χ4v) is 3.68. The fraction of sp³-hybridized carbons (Fsp3) is 0.722. The molecule has 0 aromatic carbocycles. The summed E-state index contributed by atoms with van der Waals surface area (Å²) in [7, 11) is 1.77. The van der Waals surface area contributed by atoms with Gasteiger partial charge in [-0.25, -0.2) is 4.98 Å². The molecular formula is C18H30N6O. The first-order valence-electron chi connectivity index (χ1n) is 9.34. The lowest BCUT2D eigenvalue weighted by atomic mass is 9.95. The van der Waals surface area contributed by atoms with Gasteiger partial charge in [0.2, 0.25) is 0 Å². The van der Waals surface area contributed by atoms with Crippen molar-refractivity contribution < 1.29 is 4.74 Å². The van der Waals surface area contributed by atoms with Gasteiger partial charge in [-0.3, -0.25) is 0 Å². The summed E-state index contributed by atoms with van der Waals surface area (Å²) in [6.45, 7) is 10.1. The van der Waals surface area contributed by atoms with E-state index < -0.39 is 0 Å². The summed E-state index contributed by atoms with van der Waals surface area (Å²) in [5, 5.41) is 9.05. The molecule has 0 atom stereocenters. The van der Waals surface area contributed by atoms with E-state index in [2.05, 4.69) is 36.1 Å². The Labute approximate surface area is 150 Å². The number of aromatic nitrogens is 5. The average Bonchev–Trinajstić information content (AvgIpc) is 3.22. The van der Waals surface area contributed by atoms with Crippen LogP contribution < -0.4 is 0 Å². The maximum Gasteiger partial charge on any atom is 0.153 e. The highest BCUT2D eigenvalue weighted by molar-refractivity contribution is 5.05. The van der Waals surface area contributed by atoms with Crippen LogP contribution in [0, 0.1) is 6.92 Å². The van der Waals surface area contributed by atoms with E-state index >= 15 is 0 Å². The normalized spacial score (nSPS) is 16.6. The second kappa shape index (κ2) is 8.58. The molecule has 0 bridgehead atoms. The largest absolute Gasteiger partial charge is 0.385 e. The summed E-state index contributed by atoms with van der Waals surface area (Å²) in [6.07, 6.45) is 7.27. The van der Waals surface area contributed by atoms with E-state index in [0.29, 0.717) is 5.92 Å². The van der Waals surface area contributed by atoms with Crippen LogP contribution in [0.15, 0.2) is 12.4 Å². The number of hydrogen-bond acceptors (Lipinski definition) is 5. The maximum absolute atomic E-state index is 5.15. The Morgan fingerprint density at radius 1 is 1.24 bits per heavy atom. The minimum absolute atomic E-state index is 0.517. The average molecular weight is 346 g/mol. The molecule has 0 unspecified atom stereocenters. The van der Waals surface area contributed by atoms with Crippen molar-refractivity contribution in [3.05, 3.63) is 29.9 Å². The van der Waals surface area contributed by atoms with Crippen LogP contribution in [0.1, 0.15) is 49.6 Å². The third-order valence-corrected chi connectivity index (χ3v) is 5.18.